The molecule has 2 fully saturated rings. The van der Waals surface area contributed by atoms with Crippen molar-refractivity contribution in [3.63, 3.8) is 0 Å². The molecule has 0 saturated carbocycles. The van der Waals surface area contributed by atoms with Crippen LogP contribution in [0, 0.1) is 0 Å². The number of benzene rings is 2. The van der Waals surface area contributed by atoms with E-state index in [0.29, 0.717) is 28.6 Å². The van der Waals surface area contributed by atoms with Crippen molar-refractivity contribution in [2.45, 2.75) is 107 Å². The molecule has 280 valence electrons. The topological polar surface area (TPSA) is 130 Å². The molecular formula is C36H46F3NO10Si. The van der Waals surface area contributed by atoms with Gasteiger partial charge in [0.25, 0.3) is 0 Å². The summed E-state index contributed by atoms with van der Waals surface area (Å²) in [5.41, 5.74) is -1.60. The van der Waals surface area contributed by atoms with Crippen molar-refractivity contribution in [2.75, 3.05) is 20.8 Å². The summed E-state index contributed by atoms with van der Waals surface area (Å²) in [4.78, 5) is 54.4. The Morgan fingerprint density at radius 3 is 2.00 bits per heavy atom. The first kappa shape index (κ1) is 40.0. The first-order valence-electron chi connectivity index (χ1n) is 17.0. The van der Waals surface area contributed by atoms with Gasteiger partial charge in [0, 0.05) is 12.8 Å². The van der Waals surface area contributed by atoms with E-state index in [-0.39, 0.29) is 18.6 Å². The first-order chi connectivity index (χ1) is 24.2. The van der Waals surface area contributed by atoms with Crippen LogP contribution in [0.5, 0.6) is 0 Å². The molecule has 11 nitrogen and oxygen atoms in total. The number of halogens is 3. The molecule has 2 aliphatic heterocycles. The van der Waals surface area contributed by atoms with E-state index in [9.17, 15) is 32.3 Å². The van der Waals surface area contributed by atoms with Crippen molar-refractivity contribution in [1.29, 1.82) is 0 Å². The minimum absolute atomic E-state index is 0.204. The molecule has 0 N–H and O–H groups in total. The number of alkyl halides is 3. The third-order valence-corrected chi connectivity index (χ3v) is 14.6. The van der Waals surface area contributed by atoms with Crippen LogP contribution >= 0.6 is 0 Å². The number of amides is 1. The SMILES string of the molecule is CC[Si](CC)(CC)O[C@@H]1C[C@](C[C@@H](C(=O)OC)N(C(=O)C(F)(F)F)[C@H](C)c2ccccc2)(C(=O)OC)O[C@@H]1[C@H](OC(=O)c1ccccc1)[C@H]1CO1. The number of carbonyl (C=O) groups excluding carboxylic acids is 4. The lowest BCUT2D eigenvalue weighted by Crippen LogP contribution is -2.56. The summed E-state index contributed by atoms with van der Waals surface area (Å²) in [5, 5.41) is 0. The predicted molar refractivity (Wildman–Crippen MR) is 180 cm³/mol. The highest BCUT2D eigenvalue weighted by molar-refractivity contribution is 6.73. The Labute approximate surface area is 296 Å². The Bertz CT molecular complexity index is 1500. The summed E-state index contributed by atoms with van der Waals surface area (Å²) in [7, 11) is -0.458. The van der Waals surface area contributed by atoms with Crippen LogP contribution < -0.4 is 0 Å². The standard InChI is InChI=1S/C36H46F3NO10Si/c1-7-51(8-2,9-3)50-27-21-35(34(44)46-6,49-30(27)29(28-22-47-28)48-31(41)25-18-14-11-15-19-25)20-26(32(42)45-5)40(33(43)36(37,38)39)23(4)24-16-12-10-13-17-24/h10-19,23,26-30H,7-9,20-22H2,1-6H3/t23-,26+,27-,28-,29-,30+,35-/m1/s1. The molecule has 0 radical (unpaired) electrons. The Balaban J connectivity index is 1.84. The number of hydrogen-bond donors (Lipinski definition) is 0. The number of rotatable bonds is 16. The van der Waals surface area contributed by atoms with Gasteiger partial charge in [-0.05, 0) is 42.8 Å². The second kappa shape index (κ2) is 16.7. The molecular weight excluding hydrogens is 691 g/mol. The lowest BCUT2D eigenvalue weighted by Gasteiger charge is -2.39. The average molecular weight is 738 g/mol. The van der Waals surface area contributed by atoms with Gasteiger partial charge in [0.1, 0.15) is 18.2 Å². The van der Waals surface area contributed by atoms with E-state index in [1.807, 2.05) is 20.8 Å². The molecule has 15 heteroatoms. The molecule has 2 saturated heterocycles. The van der Waals surface area contributed by atoms with E-state index < -0.39 is 86.8 Å². The summed E-state index contributed by atoms with van der Waals surface area (Å²) in [6, 6.07) is 14.9. The van der Waals surface area contributed by atoms with Crippen LogP contribution in [0.25, 0.3) is 0 Å². The Morgan fingerprint density at radius 2 is 1.51 bits per heavy atom. The van der Waals surface area contributed by atoms with Gasteiger partial charge < -0.3 is 33.0 Å². The maximum absolute atomic E-state index is 14.3. The molecule has 7 atom stereocenters. The van der Waals surface area contributed by atoms with Crippen LogP contribution in [0.15, 0.2) is 60.7 Å². The molecule has 2 aliphatic rings. The van der Waals surface area contributed by atoms with Crippen LogP contribution in [0.2, 0.25) is 18.1 Å². The minimum Gasteiger partial charge on any atom is -0.467 e. The molecule has 51 heavy (non-hydrogen) atoms. The second-order valence-electron chi connectivity index (χ2n) is 12.8. The fourth-order valence-electron chi connectivity index (χ4n) is 6.80. The molecule has 0 aromatic heterocycles. The molecule has 2 aromatic carbocycles. The van der Waals surface area contributed by atoms with Crippen LogP contribution in [0.3, 0.4) is 0 Å². The van der Waals surface area contributed by atoms with Gasteiger partial charge in [0.05, 0.1) is 38.5 Å². The lowest BCUT2D eigenvalue weighted by atomic mass is 9.88. The number of ether oxygens (including phenoxy) is 5. The maximum Gasteiger partial charge on any atom is 0.471 e. The highest BCUT2D eigenvalue weighted by Gasteiger charge is 2.62. The Hall–Kier alpha value is -3.79. The van der Waals surface area contributed by atoms with E-state index >= 15 is 0 Å². The van der Waals surface area contributed by atoms with Gasteiger partial charge in [-0.3, -0.25) is 4.79 Å². The average Bonchev–Trinajstić information content (AvgIpc) is 3.93. The maximum atomic E-state index is 14.3. The van der Waals surface area contributed by atoms with Crippen molar-refractivity contribution in [3.8, 4) is 0 Å². The van der Waals surface area contributed by atoms with Crippen molar-refractivity contribution in [3.05, 3.63) is 71.8 Å². The van der Waals surface area contributed by atoms with Crippen molar-refractivity contribution >= 4 is 32.1 Å². The number of esters is 3. The van der Waals surface area contributed by atoms with Gasteiger partial charge >= 0.3 is 30.0 Å². The Kier molecular flexibility index (Phi) is 13.1. The van der Waals surface area contributed by atoms with Crippen LogP contribution in [-0.2, 0) is 42.5 Å². The highest BCUT2D eigenvalue weighted by atomic mass is 28.4. The molecule has 2 aromatic rings. The summed E-state index contributed by atoms with van der Waals surface area (Å²) in [5.74, 6) is -5.22. The molecule has 0 unspecified atom stereocenters. The van der Waals surface area contributed by atoms with Crippen LogP contribution in [0.4, 0.5) is 13.2 Å². The molecule has 4 rings (SSSR count). The van der Waals surface area contributed by atoms with E-state index in [4.69, 9.17) is 28.1 Å². The van der Waals surface area contributed by atoms with Gasteiger partial charge in [-0.1, -0.05) is 69.3 Å². The van der Waals surface area contributed by atoms with Gasteiger partial charge in [-0.15, -0.1) is 0 Å². The second-order valence-corrected chi connectivity index (χ2v) is 17.5. The monoisotopic (exact) mass is 737 g/mol. The van der Waals surface area contributed by atoms with E-state index in [0.717, 1.165) is 14.2 Å². The summed E-state index contributed by atoms with van der Waals surface area (Å²) >= 11 is 0. The zero-order chi connectivity index (χ0) is 37.6. The normalized spacial score (nSPS) is 23.4. The lowest BCUT2D eigenvalue weighted by molar-refractivity contribution is -0.197. The molecule has 2 heterocycles. The van der Waals surface area contributed by atoms with Gasteiger partial charge in [0.15, 0.2) is 20.0 Å². The van der Waals surface area contributed by atoms with Crippen LogP contribution in [0.1, 0.15) is 62.5 Å². The van der Waals surface area contributed by atoms with Crippen LogP contribution in [-0.4, -0.2) is 100 Å². The summed E-state index contributed by atoms with van der Waals surface area (Å²) in [6.45, 7) is 7.53. The largest absolute Gasteiger partial charge is 0.471 e. The number of nitrogens with zero attached hydrogens (tertiary/aromatic N) is 1. The molecule has 0 bridgehead atoms. The highest BCUT2D eigenvalue weighted by Crippen LogP contribution is 2.45. The summed E-state index contributed by atoms with van der Waals surface area (Å²) in [6.07, 6.45) is -10.3. The molecule has 1 amide bonds. The van der Waals surface area contributed by atoms with Crippen molar-refractivity contribution < 1.29 is 60.5 Å². The fraction of sp³-hybridized carbons (Fsp3) is 0.556. The number of methoxy groups -OCH3 is 2. The summed E-state index contributed by atoms with van der Waals surface area (Å²) < 4.78 is 78.0. The van der Waals surface area contributed by atoms with E-state index in [1.54, 1.807) is 48.5 Å². The molecule has 0 aliphatic carbocycles. The third kappa shape index (κ3) is 8.99. The number of carbonyl (C=O) groups is 4. The predicted octanol–water partition coefficient (Wildman–Crippen LogP) is 5.79. The van der Waals surface area contributed by atoms with Gasteiger partial charge in [-0.25, -0.2) is 14.4 Å². The third-order valence-electron chi connectivity index (χ3n) is 9.96. The van der Waals surface area contributed by atoms with Gasteiger partial charge in [-0.2, -0.15) is 13.2 Å². The van der Waals surface area contributed by atoms with Crippen molar-refractivity contribution in [1.82, 2.24) is 4.90 Å². The quantitative estimate of drug-likeness (QED) is 0.0904. The van der Waals surface area contributed by atoms with E-state index in [2.05, 4.69) is 0 Å². The fourth-order valence-corrected chi connectivity index (χ4v) is 9.66. The minimum atomic E-state index is -5.40. The zero-order valence-corrected chi connectivity index (χ0v) is 30.6. The van der Waals surface area contributed by atoms with Gasteiger partial charge in [0.2, 0.25) is 0 Å². The van der Waals surface area contributed by atoms with Crippen molar-refractivity contribution in [2.24, 2.45) is 0 Å². The zero-order valence-electron chi connectivity index (χ0n) is 29.6. The Morgan fingerprint density at radius 1 is 0.941 bits per heavy atom. The number of hydrogen-bond acceptors (Lipinski definition) is 10. The van der Waals surface area contributed by atoms with E-state index in [1.165, 1.54) is 19.1 Å². The number of epoxide rings is 1. The first-order valence-corrected chi connectivity index (χ1v) is 19.6. The smallest absolute Gasteiger partial charge is 0.467 e. The molecule has 0 spiro atoms.